The predicted octanol–water partition coefficient (Wildman–Crippen LogP) is 2.71. The highest BCUT2D eigenvalue weighted by atomic mass is 16.5. The molecule has 0 aliphatic rings. The Morgan fingerprint density at radius 2 is 2.00 bits per heavy atom. The van der Waals surface area contributed by atoms with Gasteiger partial charge < -0.3 is 20.5 Å². The van der Waals surface area contributed by atoms with E-state index >= 15 is 0 Å². The number of hydrogen-bond donors (Lipinski definition) is 2. The van der Waals surface area contributed by atoms with E-state index in [4.69, 9.17) is 10.5 Å². The summed E-state index contributed by atoms with van der Waals surface area (Å²) in [6.07, 6.45) is 1.46. The molecular formula is C15H20N4O3. The third kappa shape index (κ3) is 4.34. The second-order valence-electron chi connectivity index (χ2n) is 3.81. The van der Waals surface area contributed by atoms with Gasteiger partial charge in [0.15, 0.2) is 11.5 Å². The van der Waals surface area contributed by atoms with Crippen molar-refractivity contribution in [1.29, 1.82) is 0 Å². The summed E-state index contributed by atoms with van der Waals surface area (Å²) < 4.78 is 10.2. The number of methoxy groups -OCH3 is 1. The lowest BCUT2D eigenvalue weighted by Gasteiger charge is -2.08. The lowest BCUT2D eigenvalue weighted by molar-refractivity contribution is 0.0593. The fraction of sp³-hybridized carbons (Fsp3) is 0.267. The third-order valence-corrected chi connectivity index (χ3v) is 2.49. The fourth-order valence-corrected chi connectivity index (χ4v) is 1.52. The molecule has 0 radical (unpaired) electrons. The number of rotatable bonds is 4. The summed E-state index contributed by atoms with van der Waals surface area (Å²) >= 11 is 0. The van der Waals surface area contributed by atoms with Crippen LogP contribution in [0.1, 0.15) is 24.3 Å². The topological polar surface area (TPSA) is 99.4 Å². The molecule has 2 rings (SSSR count). The first-order chi connectivity index (χ1) is 10.6. The van der Waals surface area contributed by atoms with Crippen LogP contribution in [0.3, 0.4) is 0 Å². The first-order valence-corrected chi connectivity index (χ1v) is 6.80. The van der Waals surface area contributed by atoms with E-state index in [0.717, 1.165) is 0 Å². The summed E-state index contributed by atoms with van der Waals surface area (Å²) in [5, 5.41) is 2.86. The Bertz CT molecular complexity index is 632. The Hall–Kier alpha value is -2.83. The van der Waals surface area contributed by atoms with Crippen LogP contribution < -0.4 is 15.8 Å². The van der Waals surface area contributed by atoms with Gasteiger partial charge in [0.1, 0.15) is 5.75 Å². The van der Waals surface area contributed by atoms with E-state index in [2.05, 4.69) is 20.0 Å². The normalized spacial score (nSPS) is 9.27. The number of nitrogens with zero attached hydrogens (tertiary/aromatic N) is 2. The number of hydrogen-bond acceptors (Lipinski definition) is 7. The molecule has 2 aromatic rings. The summed E-state index contributed by atoms with van der Waals surface area (Å²) in [4.78, 5) is 19.5. The van der Waals surface area contributed by atoms with Gasteiger partial charge in [-0.25, -0.2) is 9.78 Å². The summed E-state index contributed by atoms with van der Waals surface area (Å²) in [6, 6.07) is 6.40. The molecule has 0 saturated carbocycles. The number of nitrogens with one attached hydrogen (secondary N) is 1. The maximum atomic E-state index is 11.4. The monoisotopic (exact) mass is 304 g/mol. The van der Waals surface area contributed by atoms with E-state index in [9.17, 15) is 4.79 Å². The van der Waals surface area contributed by atoms with Crippen molar-refractivity contribution in [3.63, 3.8) is 0 Å². The zero-order valence-electron chi connectivity index (χ0n) is 13.1. The molecule has 0 aliphatic carbocycles. The minimum absolute atomic E-state index is 0.161. The number of nitrogen functional groups attached to an aromatic ring is 1. The quantitative estimate of drug-likeness (QED) is 0.838. The van der Waals surface area contributed by atoms with E-state index in [1.807, 2.05) is 13.8 Å². The van der Waals surface area contributed by atoms with E-state index < -0.39 is 5.97 Å². The molecule has 0 fully saturated rings. The van der Waals surface area contributed by atoms with E-state index in [1.54, 1.807) is 25.2 Å². The van der Waals surface area contributed by atoms with Gasteiger partial charge in [0.2, 0.25) is 5.88 Å². The van der Waals surface area contributed by atoms with Crippen LogP contribution in [-0.2, 0) is 4.74 Å². The lowest BCUT2D eigenvalue weighted by atomic mass is 10.3. The van der Waals surface area contributed by atoms with Gasteiger partial charge in [0.25, 0.3) is 0 Å². The Morgan fingerprint density at radius 1 is 1.27 bits per heavy atom. The highest BCUT2D eigenvalue weighted by molar-refractivity contribution is 5.87. The van der Waals surface area contributed by atoms with Gasteiger partial charge in [-0.1, -0.05) is 13.8 Å². The van der Waals surface area contributed by atoms with Crippen molar-refractivity contribution in [2.45, 2.75) is 13.8 Å². The molecule has 0 spiro atoms. The third-order valence-electron chi connectivity index (χ3n) is 2.49. The molecule has 7 heteroatoms. The zero-order chi connectivity index (χ0) is 16.5. The molecule has 0 aliphatic heterocycles. The molecule has 0 unspecified atom stereocenters. The van der Waals surface area contributed by atoms with Gasteiger partial charge in [-0.3, -0.25) is 0 Å². The van der Waals surface area contributed by atoms with E-state index in [-0.39, 0.29) is 5.69 Å². The molecule has 0 amide bonds. The van der Waals surface area contributed by atoms with Crippen molar-refractivity contribution < 1.29 is 14.3 Å². The molecule has 7 nitrogen and oxygen atoms in total. The fourth-order valence-electron chi connectivity index (χ4n) is 1.52. The first kappa shape index (κ1) is 17.2. The molecule has 0 atom stereocenters. The van der Waals surface area contributed by atoms with Gasteiger partial charge >= 0.3 is 5.97 Å². The van der Waals surface area contributed by atoms with Crippen LogP contribution in [0.25, 0.3) is 0 Å². The Kier molecular flexibility index (Phi) is 6.62. The van der Waals surface area contributed by atoms with Gasteiger partial charge in [0.05, 0.1) is 12.8 Å². The minimum Gasteiger partial charge on any atom is -0.464 e. The lowest BCUT2D eigenvalue weighted by Crippen LogP contribution is -2.04. The van der Waals surface area contributed by atoms with Crippen molar-refractivity contribution in [3.8, 4) is 11.6 Å². The van der Waals surface area contributed by atoms with Crippen LogP contribution in [0.5, 0.6) is 11.6 Å². The Balaban J connectivity index is 0.00000116. The van der Waals surface area contributed by atoms with Crippen molar-refractivity contribution in [2.24, 2.45) is 0 Å². The molecule has 22 heavy (non-hydrogen) atoms. The van der Waals surface area contributed by atoms with Crippen LogP contribution in [0.15, 0.2) is 30.5 Å². The summed E-state index contributed by atoms with van der Waals surface area (Å²) in [7, 11) is 3.00. The molecule has 0 saturated heterocycles. The first-order valence-electron chi connectivity index (χ1n) is 6.80. The summed E-state index contributed by atoms with van der Waals surface area (Å²) in [6.45, 7) is 4.00. The van der Waals surface area contributed by atoms with Crippen molar-refractivity contribution in [1.82, 2.24) is 9.97 Å². The summed E-state index contributed by atoms with van der Waals surface area (Å²) in [5.74, 6) is 0.770. The molecule has 3 N–H and O–H groups in total. The molecule has 0 aromatic carbocycles. The second-order valence-corrected chi connectivity index (χ2v) is 3.81. The zero-order valence-corrected chi connectivity index (χ0v) is 13.1. The number of aromatic nitrogens is 2. The Morgan fingerprint density at radius 3 is 2.64 bits per heavy atom. The largest absolute Gasteiger partial charge is 0.464 e. The van der Waals surface area contributed by atoms with Gasteiger partial charge in [-0.15, -0.1) is 0 Å². The van der Waals surface area contributed by atoms with Crippen molar-refractivity contribution in [2.75, 3.05) is 25.2 Å². The van der Waals surface area contributed by atoms with E-state index in [1.165, 1.54) is 19.4 Å². The van der Waals surface area contributed by atoms with Crippen LogP contribution in [0.4, 0.5) is 11.5 Å². The Labute approximate surface area is 129 Å². The standard InChI is InChI=1S/C13H14N4O3.C2H6/c1-15-12-9(14)3-4-11(17-12)20-8-5-6-16-10(7-8)13(18)19-2;1-2/h3-7H,14H2,1-2H3,(H,15,17);1-2H3. The van der Waals surface area contributed by atoms with Gasteiger partial charge in [0, 0.05) is 25.4 Å². The van der Waals surface area contributed by atoms with Crippen LogP contribution in [0.2, 0.25) is 0 Å². The second kappa shape index (κ2) is 8.46. The predicted molar refractivity (Wildman–Crippen MR) is 85.2 cm³/mol. The molecule has 0 bridgehead atoms. The molecule has 2 aromatic heterocycles. The van der Waals surface area contributed by atoms with E-state index in [0.29, 0.717) is 23.1 Å². The van der Waals surface area contributed by atoms with Crippen LogP contribution >= 0.6 is 0 Å². The molecule has 118 valence electrons. The van der Waals surface area contributed by atoms with Crippen LogP contribution in [0, 0.1) is 0 Å². The molecular weight excluding hydrogens is 284 g/mol. The average molecular weight is 304 g/mol. The van der Waals surface area contributed by atoms with Crippen molar-refractivity contribution >= 4 is 17.5 Å². The van der Waals surface area contributed by atoms with Gasteiger partial charge in [-0.2, -0.15) is 4.98 Å². The number of anilines is 2. The number of nitrogens with two attached hydrogens (primary N) is 1. The maximum Gasteiger partial charge on any atom is 0.356 e. The van der Waals surface area contributed by atoms with Gasteiger partial charge in [-0.05, 0) is 12.1 Å². The number of ether oxygens (including phenoxy) is 2. The number of esters is 1. The smallest absolute Gasteiger partial charge is 0.356 e. The van der Waals surface area contributed by atoms with Crippen LogP contribution in [-0.4, -0.2) is 30.1 Å². The highest BCUT2D eigenvalue weighted by Gasteiger charge is 2.09. The number of pyridine rings is 2. The maximum absolute atomic E-state index is 11.4. The highest BCUT2D eigenvalue weighted by Crippen LogP contribution is 2.24. The number of carbonyl (C=O) groups excluding carboxylic acids is 1. The minimum atomic E-state index is -0.531. The summed E-state index contributed by atoms with van der Waals surface area (Å²) in [5.41, 5.74) is 6.40. The van der Waals surface area contributed by atoms with Crippen molar-refractivity contribution in [3.05, 3.63) is 36.2 Å². The SMILES string of the molecule is CC.CNc1nc(Oc2ccnc(C(=O)OC)c2)ccc1N. The number of carbonyl (C=O) groups is 1. The molecule has 2 heterocycles. The average Bonchev–Trinajstić information content (AvgIpc) is 2.58.